The normalized spacial score (nSPS) is 11.7. The van der Waals surface area contributed by atoms with Gasteiger partial charge in [-0.3, -0.25) is 0 Å². The first-order valence-electron chi connectivity index (χ1n) is 5.94. The minimum absolute atomic E-state index is 0.218. The molecule has 1 unspecified atom stereocenters. The van der Waals surface area contributed by atoms with Crippen molar-refractivity contribution in [3.63, 3.8) is 0 Å². The number of hydrogen-bond donors (Lipinski definition) is 1. The zero-order valence-electron chi connectivity index (χ0n) is 10.5. The van der Waals surface area contributed by atoms with Crippen LogP contribution < -0.4 is 10.1 Å². The Bertz CT molecular complexity index is 557. The predicted molar refractivity (Wildman–Crippen MR) is 75.5 cm³/mol. The summed E-state index contributed by atoms with van der Waals surface area (Å²) >= 11 is 6.07. The average molecular weight is 276 g/mol. The van der Waals surface area contributed by atoms with E-state index in [2.05, 4.69) is 5.32 Å². The Balaban J connectivity index is 1.98. The van der Waals surface area contributed by atoms with Crippen molar-refractivity contribution in [1.82, 2.24) is 5.32 Å². The van der Waals surface area contributed by atoms with Crippen LogP contribution in [0.1, 0.15) is 18.5 Å². The summed E-state index contributed by atoms with van der Waals surface area (Å²) in [5.41, 5.74) is 0.856. The minimum Gasteiger partial charge on any atom is -0.410 e. The SMILES string of the molecule is CC(NC(=O)Oc1ccccc1)c1ccccc1Cl. The Morgan fingerprint density at radius 3 is 2.42 bits per heavy atom. The molecule has 1 amide bonds. The van der Waals surface area contributed by atoms with Gasteiger partial charge in [-0.2, -0.15) is 0 Å². The van der Waals surface area contributed by atoms with Gasteiger partial charge in [0, 0.05) is 5.02 Å². The largest absolute Gasteiger partial charge is 0.413 e. The third-order valence-electron chi connectivity index (χ3n) is 2.66. The fraction of sp³-hybridized carbons (Fsp3) is 0.133. The van der Waals surface area contributed by atoms with Gasteiger partial charge in [0.1, 0.15) is 5.75 Å². The van der Waals surface area contributed by atoms with E-state index in [1.165, 1.54) is 0 Å². The number of para-hydroxylation sites is 1. The van der Waals surface area contributed by atoms with Gasteiger partial charge in [0.2, 0.25) is 0 Å². The molecule has 19 heavy (non-hydrogen) atoms. The van der Waals surface area contributed by atoms with Crippen LogP contribution in [0.5, 0.6) is 5.75 Å². The summed E-state index contributed by atoms with van der Waals surface area (Å²) in [5.74, 6) is 0.506. The number of benzene rings is 2. The topological polar surface area (TPSA) is 38.3 Å². The zero-order chi connectivity index (χ0) is 13.7. The van der Waals surface area contributed by atoms with Crippen molar-refractivity contribution in [2.45, 2.75) is 13.0 Å². The first-order valence-corrected chi connectivity index (χ1v) is 6.32. The van der Waals surface area contributed by atoms with Gasteiger partial charge in [-0.1, -0.05) is 48.0 Å². The molecule has 0 heterocycles. The summed E-state index contributed by atoms with van der Waals surface area (Å²) in [6.45, 7) is 1.85. The molecule has 1 N–H and O–H groups in total. The summed E-state index contributed by atoms with van der Waals surface area (Å²) in [5, 5.41) is 3.36. The second-order valence-electron chi connectivity index (χ2n) is 4.09. The molecule has 98 valence electrons. The molecule has 0 aliphatic rings. The number of amides is 1. The molecular formula is C15H14ClNO2. The van der Waals surface area contributed by atoms with E-state index in [1.54, 1.807) is 30.3 Å². The van der Waals surface area contributed by atoms with Gasteiger partial charge < -0.3 is 10.1 Å². The van der Waals surface area contributed by atoms with Gasteiger partial charge >= 0.3 is 6.09 Å². The number of rotatable bonds is 3. The lowest BCUT2D eigenvalue weighted by atomic mass is 10.1. The number of ether oxygens (including phenoxy) is 1. The monoisotopic (exact) mass is 275 g/mol. The molecule has 0 aromatic heterocycles. The smallest absolute Gasteiger partial charge is 0.410 e. The summed E-state index contributed by atoms with van der Waals surface area (Å²) in [7, 11) is 0. The van der Waals surface area contributed by atoms with E-state index in [0.717, 1.165) is 5.56 Å². The summed E-state index contributed by atoms with van der Waals surface area (Å²) < 4.78 is 5.15. The number of halogens is 1. The van der Waals surface area contributed by atoms with Gasteiger partial charge in [-0.15, -0.1) is 0 Å². The zero-order valence-corrected chi connectivity index (χ0v) is 11.2. The van der Waals surface area contributed by atoms with Crippen LogP contribution >= 0.6 is 11.6 Å². The highest BCUT2D eigenvalue weighted by Crippen LogP contribution is 2.22. The van der Waals surface area contributed by atoms with Crippen LogP contribution in [-0.2, 0) is 0 Å². The highest BCUT2D eigenvalue weighted by Gasteiger charge is 2.13. The van der Waals surface area contributed by atoms with Gasteiger partial charge in [0.15, 0.2) is 0 Å². The molecule has 2 aromatic rings. The molecule has 4 heteroatoms. The standard InChI is InChI=1S/C15H14ClNO2/c1-11(13-9-5-6-10-14(13)16)17-15(18)19-12-7-3-2-4-8-12/h2-11H,1H3,(H,17,18). The van der Waals surface area contributed by atoms with Crippen LogP contribution in [0.4, 0.5) is 4.79 Å². The Morgan fingerprint density at radius 1 is 1.11 bits per heavy atom. The fourth-order valence-electron chi connectivity index (χ4n) is 1.71. The summed E-state index contributed by atoms with van der Waals surface area (Å²) in [4.78, 5) is 11.7. The van der Waals surface area contributed by atoms with Crippen LogP contribution in [0.15, 0.2) is 54.6 Å². The molecule has 2 aromatic carbocycles. The van der Waals surface area contributed by atoms with Crippen molar-refractivity contribution in [3.8, 4) is 5.75 Å². The molecule has 0 aliphatic carbocycles. The van der Waals surface area contributed by atoms with E-state index in [-0.39, 0.29) is 6.04 Å². The maximum absolute atomic E-state index is 11.7. The first-order chi connectivity index (χ1) is 9.16. The van der Waals surface area contributed by atoms with E-state index in [1.807, 2.05) is 31.2 Å². The highest BCUT2D eigenvalue weighted by atomic mass is 35.5. The quantitative estimate of drug-likeness (QED) is 0.912. The third-order valence-corrected chi connectivity index (χ3v) is 3.00. The molecule has 0 radical (unpaired) electrons. The van der Waals surface area contributed by atoms with Crippen molar-refractivity contribution >= 4 is 17.7 Å². The molecule has 3 nitrogen and oxygen atoms in total. The first kappa shape index (κ1) is 13.4. The molecule has 0 spiro atoms. The fourth-order valence-corrected chi connectivity index (χ4v) is 2.01. The van der Waals surface area contributed by atoms with Crippen molar-refractivity contribution in [1.29, 1.82) is 0 Å². The second-order valence-corrected chi connectivity index (χ2v) is 4.50. The highest BCUT2D eigenvalue weighted by molar-refractivity contribution is 6.31. The van der Waals surface area contributed by atoms with E-state index < -0.39 is 6.09 Å². The van der Waals surface area contributed by atoms with Crippen LogP contribution in [0.3, 0.4) is 0 Å². The van der Waals surface area contributed by atoms with Gasteiger partial charge in [-0.05, 0) is 30.7 Å². The molecule has 0 fully saturated rings. The van der Waals surface area contributed by atoms with E-state index in [0.29, 0.717) is 10.8 Å². The molecular weight excluding hydrogens is 262 g/mol. The van der Waals surface area contributed by atoms with Crippen molar-refractivity contribution in [2.24, 2.45) is 0 Å². The predicted octanol–water partition coefficient (Wildman–Crippen LogP) is 4.19. The summed E-state index contributed by atoms with van der Waals surface area (Å²) in [6, 6.07) is 16.1. The molecule has 0 aliphatic heterocycles. The Kier molecular flexibility index (Phi) is 4.42. The van der Waals surface area contributed by atoms with Crippen molar-refractivity contribution < 1.29 is 9.53 Å². The van der Waals surface area contributed by atoms with Crippen LogP contribution in [0, 0.1) is 0 Å². The van der Waals surface area contributed by atoms with Crippen molar-refractivity contribution in [2.75, 3.05) is 0 Å². The lowest BCUT2D eigenvalue weighted by Crippen LogP contribution is -2.29. The summed E-state index contributed by atoms with van der Waals surface area (Å²) in [6.07, 6.45) is -0.501. The van der Waals surface area contributed by atoms with E-state index in [9.17, 15) is 4.79 Å². The molecule has 2 rings (SSSR count). The number of carbonyl (C=O) groups is 1. The molecule has 0 saturated carbocycles. The maximum atomic E-state index is 11.7. The number of nitrogens with one attached hydrogen (secondary N) is 1. The number of hydrogen-bond acceptors (Lipinski definition) is 2. The third kappa shape index (κ3) is 3.73. The van der Waals surface area contributed by atoms with Gasteiger partial charge in [-0.25, -0.2) is 4.79 Å². The van der Waals surface area contributed by atoms with Gasteiger partial charge in [0.05, 0.1) is 6.04 Å². The minimum atomic E-state index is -0.501. The second kappa shape index (κ2) is 6.25. The maximum Gasteiger partial charge on any atom is 0.413 e. The van der Waals surface area contributed by atoms with E-state index in [4.69, 9.17) is 16.3 Å². The lowest BCUT2D eigenvalue weighted by molar-refractivity contribution is 0.197. The van der Waals surface area contributed by atoms with Crippen LogP contribution in [0.25, 0.3) is 0 Å². The molecule has 1 atom stereocenters. The Labute approximate surface area is 117 Å². The Hall–Kier alpha value is -2.00. The number of carbonyl (C=O) groups excluding carboxylic acids is 1. The van der Waals surface area contributed by atoms with Crippen molar-refractivity contribution in [3.05, 3.63) is 65.2 Å². The van der Waals surface area contributed by atoms with Gasteiger partial charge in [0.25, 0.3) is 0 Å². The Morgan fingerprint density at radius 2 is 1.74 bits per heavy atom. The van der Waals surface area contributed by atoms with Crippen LogP contribution in [0.2, 0.25) is 5.02 Å². The molecule has 0 saturated heterocycles. The molecule has 0 bridgehead atoms. The average Bonchev–Trinajstić information content (AvgIpc) is 2.40. The van der Waals surface area contributed by atoms with Crippen LogP contribution in [-0.4, -0.2) is 6.09 Å². The van der Waals surface area contributed by atoms with E-state index >= 15 is 0 Å². The lowest BCUT2D eigenvalue weighted by Gasteiger charge is -2.15.